The van der Waals surface area contributed by atoms with Crippen molar-refractivity contribution in [3.05, 3.63) is 0 Å². The van der Waals surface area contributed by atoms with Gasteiger partial charge < -0.3 is 14.8 Å². The van der Waals surface area contributed by atoms with Crippen LogP contribution >= 0.6 is 0 Å². The molecule has 0 saturated carbocycles. The van der Waals surface area contributed by atoms with Crippen molar-refractivity contribution in [2.45, 2.75) is 45.3 Å². The van der Waals surface area contributed by atoms with Crippen LogP contribution in [0, 0.1) is 0 Å². The first-order chi connectivity index (χ1) is 8.81. The third-order valence-electron chi connectivity index (χ3n) is 3.50. The second kappa shape index (κ2) is 9.73. The van der Waals surface area contributed by atoms with Gasteiger partial charge in [-0.15, -0.1) is 0 Å². The maximum atomic E-state index is 5.95. The number of nitrogens with one attached hydrogen (secondary N) is 1. The monoisotopic (exact) mass is 258 g/mol. The number of nitrogens with zero attached hydrogens (tertiary/aromatic N) is 1. The molecule has 0 aromatic carbocycles. The Balaban J connectivity index is 2.39. The topological polar surface area (TPSA) is 33.7 Å². The molecule has 0 spiro atoms. The Morgan fingerprint density at radius 1 is 1.44 bits per heavy atom. The van der Waals surface area contributed by atoms with Gasteiger partial charge in [-0.3, -0.25) is 4.90 Å². The number of likely N-dealkylation sites (N-methyl/N-ethyl adjacent to an activating group) is 1. The highest BCUT2D eigenvalue weighted by atomic mass is 16.5. The third kappa shape index (κ3) is 5.65. The van der Waals surface area contributed by atoms with Crippen LogP contribution in [0.15, 0.2) is 0 Å². The second-order valence-corrected chi connectivity index (χ2v) is 5.01. The first-order valence-corrected chi connectivity index (χ1v) is 7.38. The van der Waals surface area contributed by atoms with E-state index in [9.17, 15) is 0 Å². The number of rotatable bonds is 9. The number of ether oxygens (including phenoxy) is 2. The van der Waals surface area contributed by atoms with Crippen molar-refractivity contribution in [3.8, 4) is 0 Å². The molecule has 1 fully saturated rings. The minimum atomic E-state index is 0.335. The van der Waals surface area contributed by atoms with E-state index in [4.69, 9.17) is 9.47 Å². The van der Waals surface area contributed by atoms with Crippen molar-refractivity contribution in [2.24, 2.45) is 0 Å². The average Bonchev–Trinajstić information content (AvgIpc) is 2.39. The van der Waals surface area contributed by atoms with Crippen LogP contribution in [0.2, 0.25) is 0 Å². The highest BCUT2D eigenvalue weighted by Crippen LogP contribution is 2.13. The highest BCUT2D eigenvalue weighted by Gasteiger charge is 2.26. The molecule has 1 saturated heterocycles. The smallest absolute Gasteiger partial charge is 0.0855 e. The maximum absolute atomic E-state index is 5.95. The van der Waals surface area contributed by atoms with Gasteiger partial charge in [0.05, 0.1) is 12.7 Å². The van der Waals surface area contributed by atoms with E-state index in [1.807, 2.05) is 0 Å². The van der Waals surface area contributed by atoms with Crippen LogP contribution in [-0.4, -0.2) is 63.5 Å². The van der Waals surface area contributed by atoms with Gasteiger partial charge in [0.25, 0.3) is 0 Å². The Kier molecular flexibility index (Phi) is 8.59. The van der Waals surface area contributed by atoms with Gasteiger partial charge in [-0.25, -0.2) is 0 Å². The Hall–Kier alpha value is -0.160. The Morgan fingerprint density at radius 3 is 2.94 bits per heavy atom. The number of methoxy groups -OCH3 is 1. The minimum Gasteiger partial charge on any atom is -0.385 e. The van der Waals surface area contributed by atoms with Gasteiger partial charge in [0.1, 0.15) is 0 Å². The van der Waals surface area contributed by atoms with E-state index in [2.05, 4.69) is 24.1 Å². The van der Waals surface area contributed by atoms with Crippen molar-refractivity contribution in [1.82, 2.24) is 10.2 Å². The zero-order valence-electron chi connectivity index (χ0n) is 12.3. The second-order valence-electron chi connectivity index (χ2n) is 5.01. The molecule has 18 heavy (non-hydrogen) atoms. The normalized spacial score (nSPS) is 23.2. The predicted octanol–water partition coefficient (Wildman–Crippen LogP) is 1.50. The molecule has 4 nitrogen and oxygen atoms in total. The van der Waals surface area contributed by atoms with Crippen molar-refractivity contribution in [3.63, 3.8) is 0 Å². The first-order valence-electron chi connectivity index (χ1n) is 7.38. The van der Waals surface area contributed by atoms with E-state index in [-0.39, 0.29) is 0 Å². The molecule has 1 heterocycles. The summed E-state index contributed by atoms with van der Waals surface area (Å²) < 4.78 is 11.1. The van der Waals surface area contributed by atoms with Gasteiger partial charge in [-0.05, 0) is 32.4 Å². The molecule has 0 radical (unpaired) electrons. The summed E-state index contributed by atoms with van der Waals surface area (Å²) in [6, 6.07) is 0.463. The van der Waals surface area contributed by atoms with Gasteiger partial charge in [0, 0.05) is 32.8 Å². The summed E-state index contributed by atoms with van der Waals surface area (Å²) in [6.07, 6.45) is 3.79. The lowest BCUT2D eigenvalue weighted by molar-refractivity contribution is -0.0482. The number of hydrogen-bond acceptors (Lipinski definition) is 4. The molecule has 2 unspecified atom stereocenters. The van der Waals surface area contributed by atoms with E-state index < -0.39 is 0 Å². The van der Waals surface area contributed by atoms with E-state index in [1.165, 1.54) is 13.0 Å². The summed E-state index contributed by atoms with van der Waals surface area (Å²) in [5, 5.41) is 3.57. The van der Waals surface area contributed by atoms with Crippen LogP contribution < -0.4 is 5.32 Å². The maximum Gasteiger partial charge on any atom is 0.0855 e. The fourth-order valence-electron chi connectivity index (χ4n) is 2.62. The van der Waals surface area contributed by atoms with Gasteiger partial charge >= 0.3 is 0 Å². The van der Waals surface area contributed by atoms with Crippen LogP contribution in [0.5, 0.6) is 0 Å². The first kappa shape index (κ1) is 15.9. The lowest BCUT2D eigenvalue weighted by atomic mass is 10.0. The Morgan fingerprint density at radius 2 is 2.28 bits per heavy atom. The van der Waals surface area contributed by atoms with Crippen molar-refractivity contribution in [1.29, 1.82) is 0 Å². The van der Waals surface area contributed by atoms with E-state index >= 15 is 0 Å². The molecular weight excluding hydrogens is 228 g/mol. The van der Waals surface area contributed by atoms with Gasteiger partial charge in [-0.2, -0.15) is 0 Å². The lowest BCUT2D eigenvalue weighted by Gasteiger charge is -2.37. The molecular formula is C14H30N2O2. The number of hydrogen-bond donors (Lipinski definition) is 1. The minimum absolute atomic E-state index is 0.335. The van der Waals surface area contributed by atoms with E-state index in [0.717, 1.165) is 45.7 Å². The lowest BCUT2D eigenvalue weighted by Crippen LogP contribution is -2.52. The molecule has 1 aliphatic heterocycles. The molecule has 1 aliphatic rings. The fraction of sp³-hybridized carbons (Fsp3) is 1.00. The van der Waals surface area contributed by atoms with E-state index in [1.54, 1.807) is 7.11 Å². The summed E-state index contributed by atoms with van der Waals surface area (Å²) in [6.45, 7) is 10.5. The predicted molar refractivity (Wildman–Crippen MR) is 75.0 cm³/mol. The summed E-state index contributed by atoms with van der Waals surface area (Å²) in [7, 11) is 1.77. The fourth-order valence-corrected chi connectivity index (χ4v) is 2.62. The summed E-state index contributed by atoms with van der Waals surface area (Å²) in [5.41, 5.74) is 0. The van der Waals surface area contributed by atoms with Crippen molar-refractivity contribution >= 4 is 0 Å². The highest BCUT2D eigenvalue weighted by molar-refractivity contribution is 4.82. The van der Waals surface area contributed by atoms with Crippen LogP contribution in [0.25, 0.3) is 0 Å². The summed E-state index contributed by atoms with van der Waals surface area (Å²) in [4.78, 5) is 2.52. The van der Waals surface area contributed by atoms with Gasteiger partial charge in [0.15, 0.2) is 0 Å². The molecule has 0 aromatic rings. The third-order valence-corrected chi connectivity index (χ3v) is 3.50. The molecule has 1 rings (SSSR count). The molecule has 0 bridgehead atoms. The van der Waals surface area contributed by atoms with E-state index in [0.29, 0.717) is 12.1 Å². The van der Waals surface area contributed by atoms with Crippen molar-refractivity contribution in [2.75, 3.05) is 46.5 Å². The molecule has 2 atom stereocenters. The van der Waals surface area contributed by atoms with Crippen LogP contribution in [-0.2, 0) is 9.47 Å². The van der Waals surface area contributed by atoms with Gasteiger partial charge in [-0.1, -0.05) is 13.8 Å². The standard InChI is InChI=1S/C14H30N2O2/c1-4-8-16-9-11-18-14(12-16)13(15-5-2)7-6-10-17-3/h13-15H,4-12H2,1-3H3. The molecule has 0 aliphatic carbocycles. The zero-order valence-corrected chi connectivity index (χ0v) is 12.3. The van der Waals surface area contributed by atoms with Crippen LogP contribution in [0.1, 0.15) is 33.1 Å². The summed E-state index contributed by atoms with van der Waals surface area (Å²) in [5.74, 6) is 0. The van der Waals surface area contributed by atoms with Gasteiger partial charge in [0.2, 0.25) is 0 Å². The average molecular weight is 258 g/mol. The molecule has 108 valence electrons. The van der Waals surface area contributed by atoms with Crippen LogP contribution in [0.3, 0.4) is 0 Å². The quantitative estimate of drug-likeness (QED) is 0.636. The van der Waals surface area contributed by atoms with Crippen molar-refractivity contribution < 1.29 is 9.47 Å². The molecule has 0 amide bonds. The molecule has 0 aromatic heterocycles. The summed E-state index contributed by atoms with van der Waals surface area (Å²) >= 11 is 0. The zero-order chi connectivity index (χ0) is 13.2. The molecule has 4 heteroatoms. The SMILES string of the molecule is CCCN1CCOC(C(CCCOC)NCC)C1. The largest absolute Gasteiger partial charge is 0.385 e. The number of morpholine rings is 1. The van der Waals surface area contributed by atoms with Crippen LogP contribution in [0.4, 0.5) is 0 Å². The Bertz CT molecular complexity index is 198. The Labute approximate surface area is 112 Å². The molecule has 1 N–H and O–H groups in total.